The van der Waals surface area contributed by atoms with Crippen LogP contribution in [-0.4, -0.2) is 24.8 Å². The van der Waals surface area contributed by atoms with Crippen molar-refractivity contribution in [2.75, 3.05) is 18.9 Å². The summed E-state index contributed by atoms with van der Waals surface area (Å²) in [5, 5.41) is 4.36. The standard InChI is InChI=1S/C19H21Cl2NO2S/c20-16-6-8-18(9-7-16)24-11-2-5-19(23)22-10-12-25-14-15-3-1-4-17(21)13-15/h1,3-4,6-9,13H,2,5,10-12,14H2,(H,22,23). The molecule has 0 saturated carbocycles. The molecule has 6 heteroatoms. The number of benzene rings is 2. The van der Waals surface area contributed by atoms with E-state index in [1.54, 1.807) is 23.9 Å². The molecule has 0 spiro atoms. The van der Waals surface area contributed by atoms with Gasteiger partial charge in [0.25, 0.3) is 0 Å². The quantitative estimate of drug-likeness (QED) is 0.559. The lowest BCUT2D eigenvalue weighted by Crippen LogP contribution is -2.25. The van der Waals surface area contributed by atoms with Crippen LogP contribution in [0.3, 0.4) is 0 Å². The molecule has 0 aromatic heterocycles. The van der Waals surface area contributed by atoms with Gasteiger partial charge in [-0.3, -0.25) is 4.79 Å². The van der Waals surface area contributed by atoms with Gasteiger partial charge in [-0.1, -0.05) is 35.3 Å². The van der Waals surface area contributed by atoms with Gasteiger partial charge in [0, 0.05) is 34.5 Å². The van der Waals surface area contributed by atoms with Crippen molar-refractivity contribution >= 4 is 40.9 Å². The molecule has 0 heterocycles. The van der Waals surface area contributed by atoms with Crippen molar-refractivity contribution in [2.45, 2.75) is 18.6 Å². The highest BCUT2D eigenvalue weighted by Crippen LogP contribution is 2.17. The van der Waals surface area contributed by atoms with Crippen LogP contribution < -0.4 is 10.1 Å². The first-order valence-corrected chi connectivity index (χ1v) is 10.0. The Kier molecular flexibility index (Phi) is 9.02. The third-order valence-electron chi connectivity index (χ3n) is 3.36. The van der Waals surface area contributed by atoms with E-state index < -0.39 is 0 Å². The largest absolute Gasteiger partial charge is 0.494 e. The maximum Gasteiger partial charge on any atom is 0.220 e. The van der Waals surface area contributed by atoms with Gasteiger partial charge in [-0.15, -0.1) is 0 Å². The van der Waals surface area contributed by atoms with Crippen molar-refractivity contribution < 1.29 is 9.53 Å². The molecule has 0 unspecified atom stereocenters. The normalized spacial score (nSPS) is 10.5. The van der Waals surface area contributed by atoms with E-state index in [9.17, 15) is 4.79 Å². The molecule has 0 aliphatic rings. The number of rotatable bonds is 10. The first-order valence-electron chi connectivity index (χ1n) is 8.11. The van der Waals surface area contributed by atoms with Crippen molar-refractivity contribution in [3.05, 3.63) is 64.1 Å². The third kappa shape index (κ3) is 8.52. The molecule has 0 radical (unpaired) electrons. The zero-order valence-corrected chi connectivity index (χ0v) is 16.2. The Morgan fingerprint density at radius 3 is 2.64 bits per heavy atom. The van der Waals surface area contributed by atoms with Gasteiger partial charge in [-0.05, 0) is 48.4 Å². The molecule has 2 rings (SSSR count). The molecule has 2 aromatic carbocycles. The number of halogens is 2. The van der Waals surface area contributed by atoms with Gasteiger partial charge >= 0.3 is 0 Å². The van der Waals surface area contributed by atoms with E-state index in [1.165, 1.54) is 5.56 Å². The maximum absolute atomic E-state index is 11.8. The van der Waals surface area contributed by atoms with E-state index >= 15 is 0 Å². The number of nitrogens with one attached hydrogen (secondary N) is 1. The Balaban J connectivity index is 1.49. The molecule has 0 atom stereocenters. The minimum atomic E-state index is 0.0584. The van der Waals surface area contributed by atoms with Crippen LogP contribution in [0, 0.1) is 0 Å². The molecule has 0 aliphatic heterocycles. The van der Waals surface area contributed by atoms with Gasteiger partial charge in [0.2, 0.25) is 5.91 Å². The number of carbonyl (C=O) groups is 1. The third-order valence-corrected chi connectivity index (χ3v) is 4.87. The topological polar surface area (TPSA) is 38.3 Å². The number of carbonyl (C=O) groups excluding carboxylic acids is 1. The SMILES string of the molecule is O=C(CCCOc1ccc(Cl)cc1)NCCSCc1cccc(Cl)c1. The first kappa shape index (κ1) is 20.0. The number of ether oxygens (including phenoxy) is 1. The van der Waals surface area contributed by atoms with E-state index in [1.807, 2.05) is 30.3 Å². The van der Waals surface area contributed by atoms with Crippen LogP contribution in [0.1, 0.15) is 18.4 Å². The van der Waals surface area contributed by atoms with Crippen LogP contribution >= 0.6 is 35.0 Å². The van der Waals surface area contributed by atoms with E-state index in [0.29, 0.717) is 31.0 Å². The van der Waals surface area contributed by atoms with Gasteiger partial charge in [-0.2, -0.15) is 11.8 Å². The first-order chi connectivity index (χ1) is 12.1. The molecule has 0 bridgehead atoms. The Bertz CT molecular complexity index is 665. The van der Waals surface area contributed by atoms with Crippen LogP contribution in [0.4, 0.5) is 0 Å². The van der Waals surface area contributed by atoms with Crippen molar-refractivity contribution in [3.63, 3.8) is 0 Å². The van der Waals surface area contributed by atoms with Crippen LogP contribution in [0.15, 0.2) is 48.5 Å². The Labute approximate surface area is 163 Å². The molecule has 134 valence electrons. The lowest BCUT2D eigenvalue weighted by molar-refractivity contribution is -0.121. The Hall–Kier alpha value is -1.36. The van der Waals surface area contributed by atoms with Gasteiger partial charge in [0.15, 0.2) is 0 Å². The summed E-state index contributed by atoms with van der Waals surface area (Å²) >= 11 is 13.5. The summed E-state index contributed by atoms with van der Waals surface area (Å²) < 4.78 is 5.56. The van der Waals surface area contributed by atoms with E-state index in [-0.39, 0.29) is 5.91 Å². The summed E-state index contributed by atoms with van der Waals surface area (Å²) in [6, 6.07) is 15.0. The maximum atomic E-state index is 11.8. The van der Waals surface area contributed by atoms with Crippen molar-refractivity contribution in [1.29, 1.82) is 0 Å². The average Bonchev–Trinajstić information content (AvgIpc) is 2.60. The number of amides is 1. The number of thioether (sulfide) groups is 1. The second-order valence-electron chi connectivity index (χ2n) is 5.44. The van der Waals surface area contributed by atoms with Crippen molar-refractivity contribution in [1.82, 2.24) is 5.32 Å². The lowest BCUT2D eigenvalue weighted by atomic mass is 10.2. The highest BCUT2D eigenvalue weighted by molar-refractivity contribution is 7.98. The molecule has 1 N–H and O–H groups in total. The van der Waals surface area contributed by atoms with Crippen molar-refractivity contribution in [2.24, 2.45) is 0 Å². The Morgan fingerprint density at radius 2 is 1.88 bits per heavy atom. The van der Waals surface area contributed by atoms with Crippen LogP contribution in [-0.2, 0) is 10.5 Å². The van der Waals surface area contributed by atoms with E-state index in [4.69, 9.17) is 27.9 Å². The molecular weight excluding hydrogens is 377 g/mol. The van der Waals surface area contributed by atoms with Gasteiger partial charge in [0.1, 0.15) is 5.75 Å². The zero-order chi connectivity index (χ0) is 17.9. The summed E-state index contributed by atoms with van der Waals surface area (Å²) in [6.07, 6.45) is 1.15. The predicted molar refractivity (Wildman–Crippen MR) is 107 cm³/mol. The second kappa shape index (κ2) is 11.3. The van der Waals surface area contributed by atoms with Crippen LogP contribution in [0.2, 0.25) is 10.0 Å². The molecule has 2 aromatic rings. The summed E-state index contributed by atoms with van der Waals surface area (Å²) in [4.78, 5) is 11.8. The molecule has 0 aliphatic carbocycles. The van der Waals surface area contributed by atoms with Crippen molar-refractivity contribution in [3.8, 4) is 5.75 Å². The van der Waals surface area contributed by atoms with E-state index in [0.717, 1.165) is 22.3 Å². The van der Waals surface area contributed by atoms with Crippen LogP contribution in [0.25, 0.3) is 0 Å². The molecule has 3 nitrogen and oxygen atoms in total. The van der Waals surface area contributed by atoms with Gasteiger partial charge < -0.3 is 10.1 Å². The monoisotopic (exact) mass is 397 g/mol. The molecule has 0 fully saturated rings. The smallest absolute Gasteiger partial charge is 0.220 e. The summed E-state index contributed by atoms with van der Waals surface area (Å²) in [6.45, 7) is 1.18. The molecule has 25 heavy (non-hydrogen) atoms. The second-order valence-corrected chi connectivity index (χ2v) is 7.42. The summed E-state index contributed by atoms with van der Waals surface area (Å²) in [5.41, 5.74) is 1.20. The highest BCUT2D eigenvalue weighted by Gasteiger charge is 2.02. The van der Waals surface area contributed by atoms with E-state index in [2.05, 4.69) is 11.4 Å². The number of hydrogen-bond acceptors (Lipinski definition) is 3. The van der Waals surface area contributed by atoms with Gasteiger partial charge in [-0.25, -0.2) is 0 Å². The highest BCUT2D eigenvalue weighted by atomic mass is 35.5. The fourth-order valence-corrected chi connectivity index (χ4v) is 3.27. The number of hydrogen-bond donors (Lipinski definition) is 1. The molecular formula is C19H21Cl2NO2S. The van der Waals surface area contributed by atoms with Gasteiger partial charge in [0.05, 0.1) is 6.61 Å². The zero-order valence-electron chi connectivity index (χ0n) is 13.8. The fourth-order valence-electron chi connectivity index (χ4n) is 2.12. The summed E-state index contributed by atoms with van der Waals surface area (Å²) in [5.74, 6) is 2.59. The molecule has 0 saturated heterocycles. The molecule has 1 amide bonds. The minimum Gasteiger partial charge on any atom is -0.494 e. The fraction of sp³-hybridized carbons (Fsp3) is 0.316. The Morgan fingerprint density at radius 1 is 1.08 bits per heavy atom. The van der Waals surface area contributed by atoms with Crippen LogP contribution in [0.5, 0.6) is 5.75 Å². The predicted octanol–water partition coefficient (Wildman–Crippen LogP) is 5.20. The summed E-state index contributed by atoms with van der Waals surface area (Å²) in [7, 11) is 0. The lowest BCUT2D eigenvalue weighted by Gasteiger charge is -2.07. The average molecular weight is 398 g/mol. The minimum absolute atomic E-state index is 0.0584.